The third-order valence-corrected chi connectivity index (χ3v) is 5.38. The number of thioether (sulfide) groups is 1. The molecule has 2 aliphatic rings. The first-order chi connectivity index (χ1) is 11.7. The van der Waals surface area contributed by atoms with Crippen LogP contribution in [0.2, 0.25) is 0 Å². The molecule has 0 spiro atoms. The van der Waals surface area contributed by atoms with Crippen LogP contribution in [0.25, 0.3) is 0 Å². The van der Waals surface area contributed by atoms with Gasteiger partial charge >= 0.3 is 6.09 Å². The number of carbonyl (C=O) groups is 1. The Balaban J connectivity index is 0.00000338. The fraction of sp³-hybridized carbons (Fsp3) is 0.882. The van der Waals surface area contributed by atoms with Gasteiger partial charge in [-0.25, -0.2) is 4.79 Å². The second kappa shape index (κ2) is 10.2. The van der Waals surface area contributed by atoms with Crippen LogP contribution >= 0.6 is 35.7 Å². The maximum atomic E-state index is 11.9. The van der Waals surface area contributed by atoms with E-state index >= 15 is 0 Å². The normalized spacial score (nSPS) is 26.4. The van der Waals surface area contributed by atoms with Gasteiger partial charge in [-0.2, -0.15) is 11.8 Å². The van der Waals surface area contributed by atoms with Crippen LogP contribution in [-0.4, -0.2) is 77.0 Å². The zero-order valence-corrected chi connectivity index (χ0v) is 19.4. The van der Waals surface area contributed by atoms with E-state index in [-0.39, 0.29) is 36.1 Å². The lowest BCUT2D eigenvalue weighted by Crippen LogP contribution is -2.45. The van der Waals surface area contributed by atoms with Crippen LogP contribution in [0.3, 0.4) is 0 Å². The number of hydrogen-bond acceptors (Lipinski definition) is 5. The average molecular weight is 500 g/mol. The Bertz CT molecular complexity index is 493. The van der Waals surface area contributed by atoms with Crippen LogP contribution < -0.4 is 10.6 Å². The predicted octanol–water partition coefficient (Wildman–Crippen LogP) is 2.04. The summed E-state index contributed by atoms with van der Waals surface area (Å²) in [6.45, 7) is 10.3. The van der Waals surface area contributed by atoms with E-state index in [9.17, 15) is 9.90 Å². The Hall–Kier alpha value is -0.420. The monoisotopic (exact) mass is 500 g/mol. The Morgan fingerprint density at radius 3 is 2.77 bits per heavy atom. The lowest BCUT2D eigenvalue weighted by Gasteiger charge is -2.25. The number of hydrogen-bond donors (Lipinski definition) is 3. The molecule has 2 atom stereocenters. The molecule has 2 heterocycles. The van der Waals surface area contributed by atoms with E-state index in [0.717, 1.165) is 43.4 Å². The molecule has 7 nitrogen and oxygen atoms in total. The molecule has 152 valence electrons. The van der Waals surface area contributed by atoms with E-state index < -0.39 is 11.2 Å². The van der Waals surface area contributed by atoms with E-state index in [1.807, 2.05) is 27.7 Å². The molecule has 0 saturated carbocycles. The van der Waals surface area contributed by atoms with Crippen LogP contribution in [0.5, 0.6) is 0 Å². The molecular formula is C17H33IN4O3S. The Morgan fingerprint density at radius 2 is 2.19 bits per heavy atom. The number of halogens is 1. The summed E-state index contributed by atoms with van der Waals surface area (Å²) in [7, 11) is 0. The summed E-state index contributed by atoms with van der Waals surface area (Å²) in [4.78, 5) is 18.7. The number of carbonyl (C=O) groups excluding carboxylic acids is 1. The molecule has 2 aliphatic heterocycles. The molecule has 9 heteroatoms. The highest BCUT2D eigenvalue weighted by Gasteiger charge is 2.33. The van der Waals surface area contributed by atoms with Gasteiger partial charge in [0, 0.05) is 25.4 Å². The van der Waals surface area contributed by atoms with Gasteiger partial charge in [-0.15, -0.1) is 24.0 Å². The maximum absolute atomic E-state index is 11.9. The minimum absolute atomic E-state index is 0. The van der Waals surface area contributed by atoms with Gasteiger partial charge in [-0.1, -0.05) is 0 Å². The largest absolute Gasteiger partial charge is 0.444 e. The lowest BCUT2D eigenvalue weighted by molar-refractivity contribution is 0.0507. The summed E-state index contributed by atoms with van der Waals surface area (Å²) in [6, 6.07) is 0.0452. The molecule has 0 radical (unpaired) electrons. The smallest absolute Gasteiger partial charge is 0.407 e. The quantitative estimate of drug-likeness (QED) is 0.311. The van der Waals surface area contributed by atoms with Crippen molar-refractivity contribution < 1.29 is 14.6 Å². The van der Waals surface area contributed by atoms with Crippen LogP contribution in [0.1, 0.15) is 40.5 Å². The van der Waals surface area contributed by atoms with E-state index in [0.29, 0.717) is 13.1 Å². The highest BCUT2D eigenvalue weighted by Crippen LogP contribution is 2.28. The van der Waals surface area contributed by atoms with Crippen molar-refractivity contribution in [3.63, 3.8) is 0 Å². The van der Waals surface area contributed by atoms with Crippen molar-refractivity contribution in [3.05, 3.63) is 0 Å². The third-order valence-electron chi connectivity index (χ3n) is 4.15. The number of nitrogens with one attached hydrogen (secondary N) is 2. The molecule has 0 aliphatic carbocycles. The Kier molecular flexibility index (Phi) is 9.28. The highest BCUT2D eigenvalue weighted by atomic mass is 127. The van der Waals surface area contributed by atoms with Crippen molar-refractivity contribution >= 4 is 47.8 Å². The molecule has 2 saturated heterocycles. The molecule has 1 amide bonds. The topological polar surface area (TPSA) is 86.2 Å². The molecule has 0 aromatic heterocycles. The van der Waals surface area contributed by atoms with Gasteiger partial charge in [0.15, 0.2) is 5.96 Å². The zero-order chi connectivity index (χ0) is 18.5. The molecule has 0 aromatic carbocycles. The molecule has 2 unspecified atom stereocenters. The number of rotatable bonds is 4. The van der Waals surface area contributed by atoms with Crippen LogP contribution in [-0.2, 0) is 4.74 Å². The standard InChI is InChI=1S/C17H32N4O3S.HI/c1-5-18-14(19-11-17(23)7-9-25-12-17)21-8-6-13(10-21)20-15(22)24-16(2,3)4;/h13,23H,5-12H2,1-4H3,(H,18,19)(H,20,22);1H. The Labute approximate surface area is 178 Å². The van der Waals surface area contributed by atoms with Gasteiger partial charge in [-0.05, 0) is 46.3 Å². The Morgan fingerprint density at radius 1 is 1.46 bits per heavy atom. The van der Waals surface area contributed by atoms with Gasteiger partial charge in [0.1, 0.15) is 5.60 Å². The van der Waals surface area contributed by atoms with Gasteiger partial charge in [0.05, 0.1) is 18.2 Å². The molecule has 26 heavy (non-hydrogen) atoms. The second-order valence-corrected chi connectivity index (χ2v) is 8.88. The fourth-order valence-electron chi connectivity index (χ4n) is 2.91. The average Bonchev–Trinajstić information content (AvgIpc) is 3.11. The van der Waals surface area contributed by atoms with Crippen LogP contribution in [0, 0.1) is 0 Å². The molecule has 3 N–H and O–H groups in total. The van der Waals surface area contributed by atoms with Crippen LogP contribution in [0.15, 0.2) is 4.99 Å². The number of aliphatic hydroxyl groups is 1. The summed E-state index contributed by atoms with van der Waals surface area (Å²) >= 11 is 1.78. The van der Waals surface area contributed by atoms with Crippen molar-refractivity contribution in [1.82, 2.24) is 15.5 Å². The molecule has 0 aromatic rings. The van der Waals surface area contributed by atoms with E-state index in [1.165, 1.54) is 0 Å². The van der Waals surface area contributed by atoms with Gasteiger partial charge < -0.3 is 25.4 Å². The summed E-state index contributed by atoms with van der Waals surface area (Å²) < 4.78 is 5.32. The van der Waals surface area contributed by atoms with Crippen molar-refractivity contribution in [2.45, 2.75) is 57.8 Å². The van der Waals surface area contributed by atoms with Gasteiger partial charge in [0.2, 0.25) is 0 Å². The first kappa shape index (κ1) is 23.6. The molecule has 2 fully saturated rings. The van der Waals surface area contributed by atoms with Gasteiger partial charge in [-0.3, -0.25) is 4.99 Å². The highest BCUT2D eigenvalue weighted by molar-refractivity contribution is 14.0. The van der Waals surface area contributed by atoms with E-state index in [4.69, 9.17) is 4.74 Å². The van der Waals surface area contributed by atoms with Crippen molar-refractivity contribution in [1.29, 1.82) is 0 Å². The molecule has 2 rings (SSSR count). The van der Waals surface area contributed by atoms with E-state index in [2.05, 4.69) is 20.5 Å². The second-order valence-electron chi connectivity index (χ2n) is 7.77. The minimum Gasteiger partial charge on any atom is -0.444 e. The number of guanidine groups is 1. The van der Waals surface area contributed by atoms with Crippen molar-refractivity contribution in [3.8, 4) is 0 Å². The predicted molar refractivity (Wildman–Crippen MR) is 118 cm³/mol. The molecule has 0 bridgehead atoms. The van der Waals surface area contributed by atoms with Crippen molar-refractivity contribution in [2.75, 3.05) is 37.7 Å². The van der Waals surface area contributed by atoms with E-state index in [1.54, 1.807) is 11.8 Å². The van der Waals surface area contributed by atoms with Gasteiger partial charge in [0.25, 0.3) is 0 Å². The molecular weight excluding hydrogens is 467 g/mol. The third kappa shape index (κ3) is 7.67. The summed E-state index contributed by atoms with van der Waals surface area (Å²) in [5.74, 6) is 2.55. The number of amides is 1. The number of aliphatic imine (C=N–C) groups is 1. The summed E-state index contributed by atoms with van der Waals surface area (Å²) in [6.07, 6.45) is 1.27. The number of likely N-dealkylation sites (tertiary alicyclic amines) is 1. The summed E-state index contributed by atoms with van der Waals surface area (Å²) in [5.41, 5.74) is -1.17. The fourth-order valence-corrected chi connectivity index (χ4v) is 4.20. The van der Waals surface area contributed by atoms with Crippen molar-refractivity contribution in [2.24, 2.45) is 4.99 Å². The maximum Gasteiger partial charge on any atom is 0.407 e. The number of alkyl carbamates (subject to hydrolysis) is 1. The number of ether oxygens (including phenoxy) is 1. The van der Waals surface area contributed by atoms with Crippen LogP contribution in [0.4, 0.5) is 4.79 Å². The zero-order valence-electron chi connectivity index (χ0n) is 16.2. The SMILES string of the molecule is CCNC(=NCC1(O)CCSC1)N1CCC(NC(=O)OC(C)(C)C)C1.I. The minimum atomic E-state index is -0.681. The summed E-state index contributed by atoms with van der Waals surface area (Å²) in [5, 5.41) is 16.7. The number of nitrogens with zero attached hydrogens (tertiary/aromatic N) is 2. The first-order valence-electron chi connectivity index (χ1n) is 9.04. The lowest BCUT2D eigenvalue weighted by atomic mass is 10.1. The first-order valence-corrected chi connectivity index (χ1v) is 10.2.